The Morgan fingerprint density at radius 3 is 2.73 bits per heavy atom. The highest BCUT2D eigenvalue weighted by Crippen LogP contribution is 2.35. The largest absolute Gasteiger partial charge is 0.611 e. The van der Waals surface area contributed by atoms with Gasteiger partial charge in [0, 0.05) is 13.0 Å². The van der Waals surface area contributed by atoms with Gasteiger partial charge in [-0.1, -0.05) is 0 Å². The Bertz CT molecular complexity index is 980. The minimum absolute atomic E-state index is 0.0259. The predicted molar refractivity (Wildman–Crippen MR) is 115 cm³/mol. The molecule has 0 saturated heterocycles. The molecule has 0 bridgehead atoms. The number of hydrogen-bond acceptors (Lipinski definition) is 5. The molecule has 0 saturated carbocycles. The van der Waals surface area contributed by atoms with Gasteiger partial charge in [-0.05, 0) is 74.7 Å². The molecule has 2 aromatic carbocycles. The molecule has 1 amide bonds. The lowest BCUT2D eigenvalue weighted by Crippen LogP contribution is -2.43. The number of benzene rings is 2. The first-order chi connectivity index (χ1) is 14.3. The fourth-order valence-corrected chi connectivity index (χ4v) is 5.32. The highest BCUT2D eigenvalue weighted by atomic mass is 32.2. The van der Waals surface area contributed by atoms with Gasteiger partial charge in [0.1, 0.15) is 23.4 Å². The quantitative estimate of drug-likeness (QED) is 0.685. The van der Waals surface area contributed by atoms with Crippen molar-refractivity contribution in [1.82, 2.24) is 4.90 Å². The van der Waals surface area contributed by atoms with Crippen LogP contribution in [0.3, 0.4) is 0 Å². The molecular formula is C22H24FN3O3S. The standard InChI is InChI=1S/C22H24FN3O3S/c1-14(12-25(2)3)29-18-7-5-17(6-8-18)26-21(27)10-15-13-30(28)20-9-4-16(23)11-19(20)22(15)24-26/h4-9,11,14-15H,10,12-13H2,1-3H3. The van der Waals surface area contributed by atoms with Crippen LogP contribution in [0.4, 0.5) is 10.1 Å². The first-order valence-corrected chi connectivity index (χ1v) is 11.1. The number of carbonyl (C=O) groups excluding carboxylic acids is 1. The van der Waals surface area contributed by atoms with Crippen LogP contribution in [0.25, 0.3) is 0 Å². The van der Waals surface area contributed by atoms with E-state index in [0.717, 1.165) is 6.54 Å². The third kappa shape index (κ3) is 4.21. The van der Waals surface area contributed by atoms with Crippen molar-refractivity contribution in [3.63, 3.8) is 0 Å². The Labute approximate surface area is 178 Å². The summed E-state index contributed by atoms with van der Waals surface area (Å²) in [7, 11) is 3.98. The van der Waals surface area contributed by atoms with Crippen molar-refractivity contribution in [3.05, 3.63) is 53.8 Å². The number of hydrogen-bond donors (Lipinski definition) is 0. The number of ether oxygens (including phenoxy) is 1. The second-order valence-corrected chi connectivity index (χ2v) is 9.39. The number of anilines is 1. The molecular weight excluding hydrogens is 405 g/mol. The Morgan fingerprint density at radius 1 is 1.30 bits per heavy atom. The summed E-state index contributed by atoms with van der Waals surface area (Å²) < 4.78 is 32.2. The third-order valence-corrected chi connectivity index (χ3v) is 6.66. The van der Waals surface area contributed by atoms with E-state index in [9.17, 15) is 13.7 Å². The number of fused-ring (bicyclic) bond motifs is 3. The average molecular weight is 430 g/mol. The zero-order valence-corrected chi connectivity index (χ0v) is 18.0. The van der Waals surface area contributed by atoms with Crippen LogP contribution in [0.1, 0.15) is 18.9 Å². The molecule has 2 heterocycles. The van der Waals surface area contributed by atoms with E-state index in [1.165, 1.54) is 17.1 Å². The van der Waals surface area contributed by atoms with Crippen LogP contribution in [0, 0.1) is 11.7 Å². The summed E-state index contributed by atoms with van der Waals surface area (Å²) in [5.41, 5.74) is 1.76. The summed E-state index contributed by atoms with van der Waals surface area (Å²) in [6, 6.07) is 11.4. The normalized spacial score (nSPS) is 21.7. The van der Waals surface area contributed by atoms with Crippen LogP contribution in [-0.2, 0) is 16.0 Å². The van der Waals surface area contributed by atoms with E-state index < -0.39 is 17.0 Å². The Balaban J connectivity index is 1.61. The lowest BCUT2D eigenvalue weighted by atomic mass is 9.92. The van der Waals surface area contributed by atoms with Gasteiger partial charge in [0.15, 0.2) is 4.90 Å². The summed E-state index contributed by atoms with van der Waals surface area (Å²) in [6.45, 7) is 2.79. The highest BCUT2D eigenvalue weighted by Gasteiger charge is 2.40. The smallest absolute Gasteiger partial charge is 0.248 e. The minimum Gasteiger partial charge on any atom is -0.611 e. The molecule has 3 unspecified atom stereocenters. The van der Waals surface area contributed by atoms with E-state index in [0.29, 0.717) is 33.4 Å². The number of rotatable bonds is 5. The number of carbonyl (C=O) groups is 1. The van der Waals surface area contributed by atoms with E-state index in [1.54, 1.807) is 18.2 Å². The van der Waals surface area contributed by atoms with Gasteiger partial charge >= 0.3 is 0 Å². The molecule has 3 atom stereocenters. The van der Waals surface area contributed by atoms with Crippen LogP contribution in [-0.4, -0.2) is 53.6 Å². The molecule has 0 spiro atoms. The van der Waals surface area contributed by atoms with Crippen LogP contribution in [0.2, 0.25) is 0 Å². The summed E-state index contributed by atoms with van der Waals surface area (Å²) in [5, 5.41) is 5.90. The average Bonchev–Trinajstić information content (AvgIpc) is 2.67. The summed E-state index contributed by atoms with van der Waals surface area (Å²) in [5.74, 6) is 0.191. The molecule has 0 aromatic heterocycles. The molecule has 4 rings (SSSR count). The Morgan fingerprint density at radius 2 is 2.03 bits per heavy atom. The van der Waals surface area contributed by atoms with E-state index >= 15 is 0 Å². The molecule has 2 aliphatic heterocycles. The molecule has 0 fully saturated rings. The lowest BCUT2D eigenvalue weighted by Gasteiger charge is -2.33. The van der Waals surface area contributed by atoms with Gasteiger partial charge in [-0.3, -0.25) is 4.79 Å². The SMILES string of the molecule is CC(CN(C)C)Oc1ccc(N2N=C3c4cc(F)ccc4[S+]([O-])CC3CC2=O)cc1. The fourth-order valence-electron chi connectivity index (χ4n) is 3.88. The maximum atomic E-state index is 13.9. The molecule has 2 aliphatic rings. The van der Waals surface area contributed by atoms with Gasteiger partial charge in [0.25, 0.3) is 0 Å². The van der Waals surface area contributed by atoms with E-state index in [2.05, 4.69) is 10.0 Å². The number of nitrogens with zero attached hydrogens (tertiary/aromatic N) is 3. The van der Waals surface area contributed by atoms with Crippen LogP contribution in [0.15, 0.2) is 52.5 Å². The zero-order chi connectivity index (χ0) is 21.4. The number of hydrazone groups is 1. The van der Waals surface area contributed by atoms with E-state index in [4.69, 9.17) is 4.74 Å². The summed E-state index contributed by atoms with van der Waals surface area (Å²) in [6.07, 6.45) is 0.219. The Hall–Kier alpha value is -2.42. The zero-order valence-electron chi connectivity index (χ0n) is 17.2. The van der Waals surface area contributed by atoms with Crippen molar-refractivity contribution in [2.24, 2.45) is 11.0 Å². The predicted octanol–water partition coefficient (Wildman–Crippen LogP) is 3.03. The van der Waals surface area contributed by atoms with Gasteiger partial charge in [-0.2, -0.15) is 5.10 Å². The van der Waals surface area contributed by atoms with Gasteiger partial charge in [0.05, 0.1) is 22.9 Å². The van der Waals surface area contributed by atoms with Gasteiger partial charge in [-0.25, -0.2) is 9.40 Å². The van der Waals surface area contributed by atoms with Gasteiger partial charge < -0.3 is 14.2 Å². The van der Waals surface area contributed by atoms with Crippen molar-refractivity contribution < 1.29 is 18.5 Å². The molecule has 0 N–H and O–H groups in total. The lowest BCUT2D eigenvalue weighted by molar-refractivity contribution is -0.119. The topological polar surface area (TPSA) is 68.2 Å². The molecule has 30 heavy (non-hydrogen) atoms. The maximum absolute atomic E-state index is 13.9. The number of halogens is 1. The third-order valence-electron chi connectivity index (χ3n) is 5.11. The molecule has 0 aliphatic carbocycles. The molecule has 158 valence electrons. The fraction of sp³-hybridized carbons (Fsp3) is 0.364. The number of amides is 1. The summed E-state index contributed by atoms with van der Waals surface area (Å²) >= 11 is -1.26. The molecule has 8 heteroatoms. The monoisotopic (exact) mass is 429 g/mol. The van der Waals surface area contributed by atoms with Crippen molar-refractivity contribution in [2.75, 3.05) is 31.4 Å². The molecule has 0 radical (unpaired) electrons. The first-order valence-electron chi connectivity index (χ1n) is 9.83. The van der Waals surface area contributed by atoms with E-state index in [-0.39, 0.29) is 24.3 Å². The van der Waals surface area contributed by atoms with Crippen molar-refractivity contribution >= 4 is 28.5 Å². The minimum atomic E-state index is -1.26. The van der Waals surface area contributed by atoms with Crippen LogP contribution < -0.4 is 9.75 Å². The van der Waals surface area contributed by atoms with Crippen LogP contribution in [0.5, 0.6) is 5.75 Å². The number of likely N-dealkylation sites (N-methyl/N-ethyl adjacent to an activating group) is 1. The Kier molecular flexibility index (Phi) is 5.81. The van der Waals surface area contributed by atoms with Gasteiger partial charge in [-0.15, -0.1) is 0 Å². The molecule has 2 aromatic rings. The van der Waals surface area contributed by atoms with Gasteiger partial charge in [0.2, 0.25) is 5.91 Å². The van der Waals surface area contributed by atoms with Crippen molar-refractivity contribution in [2.45, 2.75) is 24.3 Å². The second kappa shape index (κ2) is 8.37. The van der Waals surface area contributed by atoms with E-state index in [1.807, 2.05) is 33.2 Å². The van der Waals surface area contributed by atoms with Crippen molar-refractivity contribution in [3.8, 4) is 5.75 Å². The highest BCUT2D eigenvalue weighted by molar-refractivity contribution is 7.91. The maximum Gasteiger partial charge on any atom is 0.248 e. The molecule has 6 nitrogen and oxygen atoms in total. The summed E-state index contributed by atoms with van der Waals surface area (Å²) in [4.78, 5) is 15.3. The van der Waals surface area contributed by atoms with Crippen molar-refractivity contribution in [1.29, 1.82) is 0 Å². The first kappa shape index (κ1) is 20.8. The van der Waals surface area contributed by atoms with Crippen LogP contribution >= 0.6 is 0 Å². The second-order valence-electron chi connectivity index (χ2n) is 7.93.